The van der Waals surface area contributed by atoms with E-state index in [1.807, 2.05) is 0 Å². The number of sulfonamides is 1. The van der Waals surface area contributed by atoms with Crippen LogP contribution in [0.25, 0.3) is 0 Å². The summed E-state index contributed by atoms with van der Waals surface area (Å²) in [5.41, 5.74) is 0. The van der Waals surface area contributed by atoms with Crippen LogP contribution in [-0.4, -0.2) is 27.4 Å². The Morgan fingerprint density at radius 2 is 1.60 bits per heavy atom. The summed E-state index contributed by atoms with van der Waals surface area (Å²) in [6, 6.07) is 0. The van der Waals surface area contributed by atoms with Crippen molar-refractivity contribution in [3.63, 3.8) is 0 Å². The van der Waals surface area contributed by atoms with Crippen molar-refractivity contribution in [2.75, 3.05) is 12.8 Å². The van der Waals surface area contributed by atoms with Gasteiger partial charge in [0.2, 0.25) is 10.0 Å². The first-order valence-corrected chi connectivity index (χ1v) is 6.61. The molecule has 0 aliphatic carbocycles. The molecule has 92 valence electrons. The van der Waals surface area contributed by atoms with Crippen LogP contribution in [0, 0.1) is 0 Å². The maximum absolute atomic E-state index is 11.7. The van der Waals surface area contributed by atoms with E-state index in [2.05, 4.69) is 4.72 Å². The van der Waals surface area contributed by atoms with E-state index < -0.39 is 22.6 Å². The molecule has 0 fully saturated rings. The minimum absolute atomic E-state index is 0.113. The molecule has 0 unspecified atom stereocenters. The lowest BCUT2D eigenvalue weighted by molar-refractivity contribution is -0.135. The molecule has 7 heteroatoms. The predicted molar refractivity (Wildman–Crippen MR) is 52.0 cm³/mol. The van der Waals surface area contributed by atoms with E-state index in [-0.39, 0.29) is 6.42 Å². The van der Waals surface area contributed by atoms with Crippen molar-refractivity contribution >= 4 is 10.0 Å². The van der Waals surface area contributed by atoms with Crippen molar-refractivity contribution in [1.82, 2.24) is 4.72 Å². The highest BCUT2D eigenvalue weighted by molar-refractivity contribution is 7.88. The molecule has 0 aromatic rings. The zero-order valence-electron chi connectivity index (χ0n) is 8.60. The highest BCUT2D eigenvalue weighted by Crippen LogP contribution is 2.22. The van der Waals surface area contributed by atoms with Crippen molar-refractivity contribution in [1.29, 1.82) is 0 Å². The fourth-order valence-corrected chi connectivity index (χ4v) is 1.58. The summed E-state index contributed by atoms with van der Waals surface area (Å²) in [6.45, 7) is 0.296. The van der Waals surface area contributed by atoms with Gasteiger partial charge in [0.15, 0.2) is 0 Å². The molecule has 15 heavy (non-hydrogen) atoms. The summed E-state index contributed by atoms with van der Waals surface area (Å²) in [5.74, 6) is 0. The molecular formula is C8H16F3NO2S. The SMILES string of the molecule is CS(=O)(=O)NCCCCCCC(F)(F)F. The zero-order chi connectivity index (χ0) is 11.9. The second kappa shape index (κ2) is 6.32. The van der Waals surface area contributed by atoms with Gasteiger partial charge >= 0.3 is 6.18 Å². The van der Waals surface area contributed by atoms with Crippen molar-refractivity contribution < 1.29 is 21.6 Å². The van der Waals surface area contributed by atoms with Crippen LogP contribution in [0.4, 0.5) is 13.2 Å². The topological polar surface area (TPSA) is 46.2 Å². The molecule has 0 aromatic carbocycles. The summed E-state index contributed by atoms with van der Waals surface area (Å²) < 4.78 is 58.5. The number of halogens is 3. The van der Waals surface area contributed by atoms with Crippen LogP contribution in [-0.2, 0) is 10.0 Å². The molecule has 0 bridgehead atoms. The van der Waals surface area contributed by atoms with Crippen LogP contribution in [0.15, 0.2) is 0 Å². The summed E-state index contributed by atoms with van der Waals surface area (Å²) in [6.07, 6.45) is -2.01. The molecule has 0 amide bonds. The highest BCUT2D eigenvalue weighted by atomic mass is 32.2. The number of rotatable bonds is 7. The minimum Gasteiger partial charge on any atom is -0.215 e. The van der Waals surface area contributed by atoms with Gasteiger partial charge in [-0.15, -0.1) is 0 Å². The Hall–Kier alpha value is -0.300. The molecular weight excluding hydrogens is 231 g/mol. The lowest BCUT2D eigenvalue weighted by Gasteiger charge is -2.05. The lowest BCUT2D eigenvalue weighted by Crippen LogP contribution is -2.22. The molecule has 0 spiro atoms. The van der Waals surface area contributed by atoms with Crippen LogP contribution in [0.1, 0.15) is 32.1 Å². The van der Waals surface area contributed by atoms with Gasteiger partial charge in [0.25, 0.3) is 0 Å². The number of nitrogens with one attached hydrogen (secondary N) is 1. The maximum Gasteiger partial charge on any atom is 0.389 e. The van der Waals surface area contributed by atoms with Gasteiger partial charge in [-0.1, -0.05) is 12.8 Å². The quantitative estimate of drug-likeness (QED) is 0.700. The third kappa shape index (κ3) is 13.7. The Labute approximate surface area is 88.1 Å². The highest BCUT2D eigenvalue weighted by Gasteiger charge is 2.25. The van der Waals surface area contributed by atoms with Gasteiger partial charge in [-0.25, -0.2) is 13.1 Å². The molecule has 0 heterocycles. The minimum atomic E-state index is -4.08. The van der Waals surface area contributed by atoms with E-state index in [0.29, 0.717) is 25.8 Å². The average molecular weight is 247 g/mol. The molecule has 0 saturated carbocycles. The van der Waals surface area contributed by atoms with E-state index in [4.69, 9.17) is 0 Å². The average Bonchev–Trinajstić information content (AvgIpc) is 1.98. The molecule has 0 atom stereocenters. The van der Waals surface area contributed by atoms with E-state index in [1.54, 1.807) is 0 Å². The van der Waals surface area contributed by atoms with Crippen LogP contribution in [0.2, 0.25) is 0 Å². The first-order valence-electron chi connectivity index (χ1n) is 4.72. The van der Waals surface area contributed by atoms with Crippen LogP contribution in [0.5, 0.6) is 0 Å². The number of hydrogen-bond donors (Lipinski definition) is 1. The van der Waals surface area contributed by atoms with Gasteiger partial charge in [-0.3, -0.25) is 0 Å². The van der Waals surface area contributed by atoms with Gasteiger partial charge in [0.05, 0.1) is 6.26 Å². The van der Waals surface area contributed by atoms with Crippen LogP contribution >= 0.6 is 0 Å². The lowest BCUT2D eigenvalue weighted by atomic mass is 10.1. The molecule has 0 rings (SSSR count). The maximum atomic E-state index is 11.7. The zero-order valence-corrected chi connectivity index (χ0v) is 9.42. The normalized spacial score (nSPS) is 13.1. The Morgan fingerprint density at radius 1 is 1.07 bits per heavy atom. The van der Waals surface area contributed by atoms with Gasteiger partial charge in [-0.05, 0) is 12.8 Å². The largest absolute Gasteiger partial charge is 0.389 e. The standard InChI is InChI=1S/C8H16F3NO2S/c1-15(13,14)12-7-5-3-2-4-6-8(9,10)11/h12H,2-7H2,1H3. The fraction of sp³-hybridized carbons (Fsp3) is 1.00. The van der Waals surface area contributed by atoms with E-state index in [9.17, 15) is 21.6 Å². The van der Waals surface area contributed by atoms with E-state index in [1.165, 1.54) is 0 Å². The molecule has 0 aliphatic rings. The van der Waals surface area contributed by atoms with E-state index >= 15 is 0 Å². The fourth-order valence-electron chi connectivity index (χ4n) is 1.06. The van der Waals surface area contributed by atoms with Crippen molar-refractivity contribution in [2.45, 2.75) is 38.3 Å². The van der Waals surface area contributed by atoms with Crippen LogP contribution in [0.3, 0.4) is 0 Å². The molecule has 0 radical (unpaired) electrons. The van der Waals surface area contributed by atoms with Crippen molar-refractivity contribution in [2.24, 2.45) is 0 Å². The van der Waals surface area contributed by atoms with Gasteiger partial charge in [0.1, 0.15) is 0 Å². The number of unbranched alkanes of at least 4 members (excludes halogenated alkanes) is 3. The van der Waals surface area contributed by atoms with Crippen molar-refractivity contribution in [3.8, 4) is 0 Å². The van der Waals surface area contributed by atoms with Gasteiger partial charge in [0, 0.05) is 13.0 Å². The molecule has 0 aliphatic heterocycles. The first-order chi connectivity index (χ1) is 6.71. The van der Waals surface area contributed by atoms with Gasteiger partial charge < -0.3 is 0 Å². The summed E-state index contributed by atoms with van der Waals surface area (Å²) >= 11 is 0. The van der Waals surface area contributed by atoms with E-state index in [0.717, 1.165) is 6.26 Å². The monoisotopic (exact) mass is 247 g/mol. The Bertz CT molecular complexity index is 262. The summed E-state index contributed by atoms with van der Waals surface area (Å²) in [5, 5.41) is 0. The summed E-state index contributed by atoms with van der Waals surface area (Å²) in [4.78, 5) is 0. The predicted octanol–water partition coefficient (Wildman–Crippen LogP) is 2.05. The number of alkyl halides is 3. The second-order valence-corrected chi connectivity index (χ2v) is 5.28. The Morgan fingerprint density at radius 3 is 2.07 bits per heavy atom. The smallest absolute Gasteiger partial charge is 0.215 e. The molecule has 0 saturated heterocycles. The Kier molecular flexibility index (Phi) is 6.19. The number of hydrogen-bond acceptors (Lipinski definition) is 2. The third-order valence-electron chi connectivity index (χ3n) is 1.75. The third-order valence-corrected chi connectivity index (χ3v) is 2.48. The molecule has 0 aromatic heterocycles. The van der Waals surface area contributed by atoms with Crippen molar-refractivity contribution in [3.05, 3.63) is 0 Å². The van der Waals surface area contributed by atoms with Gasteiger partial charge in [-0.2, -0.15) is 13.2 Å². The first kappa shape index (κ1) is 14.7. The summed E-state index contributed by atoms with van der Waals surface area (Å²) in [7, 11) is -3.17. The second-order valence-electron chi connectivity index (χ2n) is 3.45. The Balaban J connectivity index is 3.27. The molecule has 1 N–H and O–H groups in total. The molecule has 3 nitrogen and oxygen atoms in total. The van der Waals surface area contributed by atoms with Crippen LogP contribution < -0.4 is 4.72 Å².